The molecular weight excluding hydrogens is 478 g/mol. The third kappa shape index (κ3) is 5.53. The van der Waals surface area contributed by atoms with Crippen molar-refractivity contribution >= 4 is 17.0 Å². The van der Waals surface area contributed by atoms with E-state index in [1.54, 1.807) is 23.5 Å². The molecule has 0 aliphatic rings. The molecule has 0 N–H and O–H groups in total. The molecule has 6 nitrogen and oxygen atoms in total. The van der Waals surface area contributed by atoms with Crippen LogP contribution in [0, 0.1) is 10.1 Å². The zero-order valence-corrected chi connectivity index (χ0v) is 19.1. The van der Waals surface area contributed by atoms with Crippen molar-refractivity contribution in [3.63, 3.8) is 0 Å². The Hall–Kier alpha value is -3.10. The summed E-state index contributed by atoms with van der Waals surface area (Å²) in [6, 6.07) is 17.7. The minimum Gasteiger partial charge on any atom is -1.00 e. The first-order valence-corrected chi connectivity index (χ1v) is 10.4. The minimum absolute atomic E-state index is 0. The van der Waals surface area contributed by atoms with Crippen LogP contribution in [0.5, 0.6) is 11.5 Å². The van der Waals surface area contributed by atoms with Crippen molar-refractivity contribution in [1.82, 2.24) is 9.97 Å². The summed E-state index contributed by atoms with van der Waals surface area (Å²) >= 11 is 1.61. The Morgan fingerprint density at radius 2 is 1.68 bits per heavy atom. The molecule has 158 valence electrons. The molecule has 0 saturated heterocycles. The number of halogens is 1. The molecule has 0 bridgehead atoms. The van der Waals surface area contributed by atoms with Gasteiger partial charge in [-0.05, 0) is 55.0 Å². The first-order valence-electron chi connectivity index (χ1n) is 9.56. The average molecular weight is 497 g/mol. The molecule has 0 atom stereocenters. The molecule has 0 spiro atoms. The van der Waals surface area contributed by atoms with Gasteiger partial charge in [-0.25, -0.2) is 4.98 Å². The van der Waals surface area contributed by atoms with E-state index in [1.165, 1.54) is 12.1 Å². The van der Waals surface area contributed by atoms with Crippen LogP contribution in [0.3, 0.4) is 0 Å². The zero-order valence-electron chi connectivity index (χ0n) is 16.7. The monoisotopic (exact) mass is 496 g/mol. The standard InChI is InChI=1S/C23H19N3O3S.BrH/c1-2-3-18-14-17(12-13-24-18)23-25-22(15-30-23)16-4-8-20(9-5-16)29-21-10-6-19(7-11-21)26(27)28;/h4-15H,2-3H2,1H3;1H/p-1. The molecule has 0 aliphatic heterocycles. The average Bonchev–Trinajstić information content (AvgIpc) is 3.25. The molecule has 8 heteroatoms. The van der Waals surface area contributed by atoms with Gasteiger partial charge in [0, 0.05) is 40.5 Å². The Kier molecular flexibility index (Phi) is 7.49. The number of nitro groups is 1. The van der Waals surface area contributed by atoms with Gasteiger partial charge in [0.05, 0.1) is 10.6 Å². The number of aryl methyl sites for hydroxylation is 1. The predicted molar refractivity (Wildman–Crippen MR) is 118 cm³/mol. The number of hydrogen-bond donors (Lipinski definition) is 0. The number of hydrogen-bond acceptors (Lipinski definition) is 6. The topological polar surface area (TPSA) is 78.2 Å². The maximum absolute atomic E-state index is 10.7. The number of ether oxygens (including phenoxy) is 1. The van der Waals surface area contributed by atoms with Gasteiger partial charge in [0.15, 0.2) is 0 Å². The lowest BCUT2D eigenvalue weighted by molar-refractivity contribution is -0.384. The summed E-state index contributed by atoms with van der Waals surface area (Å²) in [5.74, 6) is 1.20. The predicted octanol–water partition coefficient (Wildman–Crippen LogP) is 3.53. The number of thiazole rings is 1. The van der Waals surface area contributed by atoms with Crippen LogP contribution >= 0.6 is 11.3 Å². The van der Waals surface area contributed by atoms with E-state index in [9.17, 15) is 10.1 Å². The molecule has 0 aliphatic carbocycles. The van der Waals surface area contributed by atoms with Crippen molar-refractivity contribution in [3.8, 4) is 33.3 Å². The Morgan fingerprint density at radius 3 is 2.32 bits per heavy atom. The number of aromatic nitrogens is 2. The summed E-state index contributed by atoms with van der Waals surface area (Å²) in [7, 11) is 0. The highest BCUT2D eigenvalue weighted by atomic mass is 79.9. The first kappa shape index (κ1) is 22.6. The van der Waals surface area contributed by atoms with Gasteiger partial charge >= 0.3 is 0 Å². The van der Waals surface area contributed by atoms with E-state index >= 15 is 0 Å². The molecule has 31 heavy (non-hydrogen) atoms. The van der Waals surface area contributed by atoms with Gasteiger partial charge in [-0.1, -0.05) is 13.3 Å². The number of nitrogens with zero attached hydrogens (tertiary/aromatic N) is 3. The fourth-order valence-electron chi connectivity index (χ4n) is 3.01. The summed E-state index contributed by atoms with van der Waals surface area (Å²) in [6.07, 6.45) is 3.86. The summed E-state index contributed by atoms with van der Waals surface area (Å²) in [6.45, 7) is 2.14. The Labute approximate surface area is 194 Å². The van der Waals surface area contributed by atoms with E-state index in [4.69, 9.17) is 9.72 Å². The molecule has 2 heterocycles. The smallest absolute Gasteiger partial charge is 0.269 e. The van der Waals surface area contributed by atoms with Gasteiger partial charge in [-0.2, -0.15) is 0 Å². The van der Waals surface area contributed by atoms with Gasteiger partial charge < -0.3 is 21.7 Å². The van der Waals surface area contributed by atoms with Crippen molar-refractivity contribution in [3.05, 3.63) is 88.0 Å². The minimum atomic E-state index is -0.433. The fourth-order valence-corrected chi connectivity index (χ4v) is 3.83. The van der Waals surface area contributed by atoms with Crippen LogP contribution < -0.4 is 21.7 Å². The van der Waals surface area contributed by atoms with Crippen LogP contribution in [0.15, 0.2) is 72.2 Å². The van der Waals surface area contributed by atoms with E-state index < -0.39 is 4.92 Å². The van der Waals surface area contributed by atoms with Crippen LogP contribution in [0.1, 0.15) is 19.0 Å². The van der Waals surface area contributed by atoms with Gasteiger partial charge in [0.1, 0.15) is 16.5 Å². The zero-order chi connectivity index (χ0) is 20.9. The Bertz CT molecular complexity index is 1160. The van der Waals surface area contributed by atoms with Crippen molar-refractivity contribution in [2.45, 2.75) is 19.8 Å². The highest BCUT2D eigenvalue weighted by Gasteiger charge is 2.09. The van der Waals surface area contributed by atoms with Gasteiger partial charge in [0.25, 0.3) is 5.69 Å². The maximum atomic E-state index is 10.7. The van der Waals surface area contributed by atoms with Gasteiger partial charge in [-0.3, -0.25) is 15.1 Å². The molecule has 0 fully saturated rings. The van der Waals surface area contributed by atoms with Crippen LogP contribution in [-0.2, 0) is 6.42 Å². The molecule has 4 rings (SSSR count). The fraction of sp³-hybridized carbons (Fsp3) is 0.130. The first-order chi connectivity index (χ1) is 14.6. The lowest BCUT2D eigenvalue weighted by Crippen LogP contribution is -3.00. The van der Waals surface area contributed by atoms with Crippen molar-refractivity contribution in [2.24, 2.45) is 0 Å². The third-order valence-electron chi connectivity index (χ3n) is 4.51. The lowest BCUT2D eigenvalue weighted by Gasteiger charge is -2.06. The van der Waals surface area contributed by atoms with E-state index in [0.29, 0.717) is 11.5 Å². The summed E-state index contributed by atoms with van der Waals surface area (Å²) in [5, 5.41) is 13.7. The molecule has 2 aromatic carbocycles. The largest absolute Gasteiger partial charge is 1.00 e. The van der Waals surface area contributed by atoms with Crippen LogP contribution in [0.4, 0.5) is 5.69 Å². The number of rotatable bonds is 7. The third-order valence-corrected chi connectivity index (χ3v) is 5.40. The number of benzene rings is 2. The van der Waals surface area contributed by atoms with E-state index in [2.05, 4.69) is 18.0 Å². The van der Waals surface area contributed by atoms with Gasteiger partial charge in [-0.15, -0.1) is 11.3 Å². The molecule has 4 aromatic rings. The van der Waals surface area contributed by atoms with Crippen LogP contribution in [-0.4, -0.2) is 14.9 Å². The maximum Gasteiger partial charge on any atom is 0.269 e. The van der Waals surface area contributed by atoms with Crippen molar-refractivity contribution in [2.75, 3.05) is 0 Å². The van der Waals surface area contributed by atoms with E-state index in [0.717, 1.165) is 40.4 Å². The second-order valence-corrected chi connectivity index (χ2v) is 7.56. The summed E-state index contributed by atoms with van der Waals surface area (Å²) in [5.41, 5.74) is 4.11. The van der Waals surface area contributed by atoms with Crippen molar-refractivity contribution in [1.29, 1.82) is 0 Å². The summed E-state index contributed by atoms with van der Waals surface area (Å²) in [4.78, 5) is 19.5. The number of nitro benzene ring substituents is 1. The Morgan fingerprint density at radius 1 is 1.00 bits per heavy atom. The second kappa shape index (κ2) is 10.3. The Balaban J connectivity index is 0.00000272. The normalized spacial score (nSPS) is 10.4. The highest BCUT2D eigenvalue weighted by Crippen LogP contribution is 2.31. The van der Waals surface area contributed by atoms with Crippen LogP contribution in [0.25, 0.3) is 21.8 Å². The van der Waals surface area contributed by atoms with E-state index in [1.807, 2.05) is 41.9 Å². The highest BCUT2D eigenvalue weighted by molar-refractivity contribution is 7.13. The number of pyridine rings is 1. The molecule has 0 saturated carbocycles. The molecule has 0 amide bonds. The van der Waals surface area contributed by atoms with Crippen molar-refractivity contribution < 1.29 is 26.6 Å². The van der Waals surface area contributed by atoms with Gasteiger partial charge in [0.2, 0.25) is 0 Å². The molecule has 0 unspecified atom stereocenters. The number of non-ortho nitro benzene ring substituents is 1. The molecule has 2 aromatic heterocycles. The van der Waals surface area contributed by atoms with E-state index in [-0.39, 0.29) is 22.7 Å². The second-order valence-electron chi connectivity index (χ2n) is 6.70. The lowest BCUT2D eigenvalue weighted by atomic mass is 10.1. The SMILES string of the molecule is CCCc1cc(-c2nc(-c3ccc(Oc4ccc([N+](=O)[O-])cc4)cc3)cs2)ccn1.[Br-]. The summed E-state index contributed by atoms with van der Waals surface area (Å²) < 4.78 is 5.77. The van der Waals surface area contributed by atoms with Crippen LogP contribution in [0.2, 0.25) is 0 Å². The molecular formula is C23H19BrN3O3S-. The quantitative estimate of drug-likeness (QED) is 0.289. The molecule has 0 radical (unpaired) electrons.